The van der Waals surface area contributed by atoms with Gasteiger partial charge in [0.1, 0.15) is 6.29 Å². The number of carbonyl (C=O) groups is 1. The number of rotatable bonds is 5. The molecular weight excluding hydrogens is 476 g/mol. The molecule has 0 radical (unpaired) electrons. The number of aldehydes is 1. The third-order valence-corrected chi connectivity index (χ3v) is 6.44. The second-order valence-electron chi connectivity index (χ2n) is 9.12. The summed E-state index contributed by atoms with van der Waals surface area (Å²) in [5.74, 6) is -0.319. The summed E-state index contributed by atoms with van der Waals surface area (Å²) in [6, 6.07) is 30.5. The van der Waals surface area contributed by atoms with Crippen LogP contribution in [0, 0.1) is 0 Å². The van der Waals surface area contributed by atoms with Gasteiger partial charge in [0.15, 0.2) is 0 Å². The van der Waals surface area contributed by atoms with Crippen LogP contribution < -0.4 is 10.6 Å². The fraction of sp³-hybridized carbons (Fsp3) is 0.0278. The maximum Gasteiger partial charge on any atom is 0.131 e. The lowest BCUT2D eigenvalue weighted by Crippen LogP contribution is -2.01. The molecule has 1 unspecified atom stereocenters. The van der Waals surface area contributed by atoms with Gasteiger partial charge < -0.3 is 15.4 Å². The van der Waals surface area contributed by atoms with Crippen molar-refractivity contribution in [2.24, 2.45) is 0 Å². The third kappa shape index (κ3) is 6.60. The van der Waals surface area contributed by atoms with Crippen molar-refractivity contribution < 1.29 is 4.79 Å². The maximum atomic E-state index is 12.4. The first-order chi connectivity index (χ1) is 19.3. The van der Waals surface area contributed by atoms with Crippen LogP contribution in [0.25, 0.3) is 11.1 Å². The Morgan fingerprint density at radius 3 is 1.62 bits per heavy atom. The van der Waals surface area contributed by atoms with Crippen molar-refractivity contribution in [2.75, 3.05) is 10.6 Å². The molecule has 2 aliphatic rings. The van der Waals surface area contributed by atoms with Crippen molar-refractivity contribution in [1.82, 2.24) is 0 Å². The predicted octanol–water partition coefficient (Wildman–Crippen LogP) is 8.96. The molecule has 3 nitrogen and oxygen atoms in total. The number of benzene rings is 2. The Bertz CT molecular complexity index is 1560. The molecule has 0 fully saturated rings. The summed E-state index contributed by atoms with van der Waals surface area (Å²) >= 11 is 0. The molecule has 5 rings (SSSR count). The van der Waals surface area contributed by atoms with Crippen LogP contribution in [0.15, 0.2) is 164 Å². The highest BCUT2D eigenvalue weighted by Gasteiger charge is 2.29. The molecular formula is C36H30N2O. The van der Waals surface area contributed by atoms with E-state index in [9.17, 15) is 4.79 Å². The Morgan fingerprint density at radius 2 is 1.03 bits per heavy atom. The van der Waals surface area contributed by atoms with Crippen LogP contribution >= 0.6 is 0 Å². The minimum Gasteiger partial charge on any atom is -0.356 e. The maximum absolute atomic E-state index is 12.4. The van der Waals surface area contributed by atoms with E-state index in [2.05, 4.69) is 47.0 Å². The molecule has 0 heterocycles. The number of fused-ring (bicyclic) bond motifs is 3. The summed E-state index contributed by atoms with van der Waals surface area (Å²) in [4.78, 5) is 12.4. The highest BCUT2D eigenvalue weighted by molar-refractivity contribution is 5.90. The van der Waals surface area contributed by atoms with Crippen molar-refractivity contribution in [3.05, 3.63) is 175 Å². The van der Waals surface area contributed by atoms with Crippen molar-refractivity contribution in [3.8, 4) is 11.1 Å². The largest absolute Gasteiger partial charge is 0.356 e. The normalized spacial score (nSPS) is 20.6. The molecule has 0 saturated carbocycles. The van der Waals surface area contributed by atoms with E-state index >= 15 is 0 Å². The molecule has 0 saturated heterocycles. The first-order valence-electron chi connectivity index (χ1n) is 13.0. The number of allylic oxidation sites excluding steroid dienone is 11. The molecule has 190 valence electrons. The average Bonchev–Trinajstić information content (AvgIpc) is 3.25. The van der Waals surface area contributed by atoms with Crippen molar-refractivity contribution in [1.29, 1.82) is 0 Å². The number of nitrogens with one attached hydrogen (secondary N) is 2. The number of anilines is 3. The summed E-state index contributed by atoms with van der Waals surface area (Å²) < 4.78 is 0. The number of hydrogen-bond acceptors (Lipinski definition) is 3. The topological polar surface area (TPSA) is 41.1 Å². The summed E-state index contributed by atoms with van der Waals surface area (Å²) in [6.07, 6.45) is 23.1. The molecule has 2 N–H and O–H groups in total. The zero-order valence-corrected chi connectivity index (χ0v) is 21.6. The van der Waals surface area contributed by atoms with E-state index < -0.39 is 0 Å². The summed E-state index contributed by atoms with van der Waals surface area (Å²) in [5.41, 5.74) is 8.02. The van der Waals surface area contributed by atoms with Gasteiger partial charge in [-0.15, -0.1) is 0 Å². The standard InChI is InChI=1S/C36H30N2O/c39-27-36-34-25-30(37-28-17-13-9-5-2-1-3-6-10-14-18-28)21-23-32(34)33-24-22-31(26-35(33)36)38-29-19-15-11-7-4-8-12-16-20-29/h1-27,36-38H/b2-1-,3-1?,5-2?,6-3-,7-4?,8-4?,9-5-,10-6?,11-7?,12-8?,13-9?,14-10-,15-11?,16-12?,17-13-,18-14?,19-15?,20-16?,28-17?,28-18+,29-19?,29-20?. The molecule has 2 aliphatic carbocycles. The second kappa shape index (κ2) is 12.9. The van der Waals surface area contributed by atoms with Crippen LogP contribution in [0.1, 0.15) is 17.0 Å². The molecule has 0 aromatic heterocycles. The fourth-order valence-corrected chi connectivity index (χ4v) is 4.62. The zero-order chi connectivity index (χ0) is 26.7. The van der Waals surface area contributed by atoms with Gasteiger partial charge in [0, 0.05) is 22.8 Å². The molecule has 1 atom stereocenters. The Morgan fingerprint density at radius 1 is 0.513 bits per heavy atom. The van der Waals surface area contributed by atoms with Gasteiger partial charge in [0.25, 0.3) is 0 Å². The summed E-state index contributed by atoms with van der Waals surface area (Å²) in [5, 5.41) is 7.00. The van der Waals surface area contributed by atoms with E-state index in [1.54, 1.807) is 0 Å². The van der Waals surface area contributed by atoms with Gasteiger partial charge in [-0.3, -0.25) is 0 Å². The second-order valence-corrected chi connectivity index (χ2v) is 9.12. The zero-order valence-electron chi connectivity index (χ0n) is 21.6. The Balaban J connectivity index is 1.41. The first kappa shape index (κ1) is 25.5. The molecule has 0 bridgehead atoms. The molecule has 3 aromatic carbocycles. The number of carbonyl (C=O) groups excluding carboxylic acids is 1. The van der Waals surface area contributed by atoms with Crippen LogP contribution in [0.3, 0.4) is 0 Å². The van der Waals surface area contributed by atoms with Crippen LogP contribution in [0.5, 0.6) is 0 Å². The fourth-order valence-electron chi connectivity index (χ4n) is 4.62. The lowest BCUT2D eigenvalue weighted by atomic mass is 9.98. The van der Waals surface area contributed by atoms with Gasteiger partial charge >= 0.3 is 0 Å². The van der Waals surface area contributed by atoms with Gasteiger partial charge in [0.2, 0.25) is 0 Å². The van der Waals surface area contributed by atoms with Gasteiger partial charge in [-0.1, -0.05) is 109 Å². The molecule has 3 heteroatoms. The quantitative estimate of drug-likeness (QED) is 0.339. The summed E-state index contributed by atoms with van der Waals surface area (Å²) in [7, 11) is 0. The third-order valence-electron chi connectivity index (χ3n) is 6.44. The van der Waals surface area contributed by atoms with E-state index in [0.29, 0.717) is 0 Å². The predicted molar refractivity (Wildman–Crippen MR) is 165 cm³/mol. The molecule has 0 amide bonds. The Kier molecular flexibility index (Phi) is 8.43. The van der Waals surface area contributed by atoms with Crippen LogP contribution in [-0.4, -0.2) is 6.29 Å². The lowest BCUT2D eigenvalue weighted by Gasteiger charge is -2.11. The molecule has 0 spiro atoms. The minimum absolute atomic E-state index is 0.319. The molecule has 39 heavy (non-hydrogen) atoms. The van der Waals surface area contributed by atoms with E-state index in [1.165, 1.54) is 0 Å². The van der Waals surface area contributed by atoms with Crippen LogP contribution in [-0.2, 0) is 4.79 Å². The van der Waals surface area contributed by atoms with Crippen molar-refractivity contribution in [2.45, 2.75) is 5.92 Å². The number of hydrogen-bond donors (Lipinski definition) is 2. The van der Waals surface area contributed by atoms with Crippen LogP contribution in [0.2, 0.25) is 0 Å². The Labute approximate surface area is 230 Å². The highest BCUT2D eigenvalue weighted by atomic mass is 16.1. The summed E-state index contributed by atoms with van der Waals surface area (Å²) in [6.45, 7) is 0. The molecule has 0 aliphatic heterocycles. The van der Waals surface area contributed by atoms with Crippen molar-refractivity contribution in [3.63, 3.8) is 0 Å². The van der Waals surface area contributed by atoms with Crippen LogP contribution in [0.4, 0.5) is 17.1 Å². The highest BCUT2D eigenvalue weighted by Crippen LogP contribution is 2.46. The SMILES string of the molecule is O=CC1c2cc(NC3=C/C=C\C=C/C=C\C=C/C=C\3)ccc2-c2ccc(Nc3ccccccccc3)cc21. The van der Waals surface area contributed by atoms with E-state index in [0.717, 1.165) is 51.3 Å². The van der Waals surface area contributed by atoms with Gasteiger partial charge in [-0.05, 0) is 70.8 Å². The van der Waals surface area contributed by atoms with E-state index in [1.807, 2.05) is 121 Å². The first-order valence-corrected chi connectivity index (χ1v) is 13.0. The lowest BCUT2D eigenvalue weighted by molar-refractivity contribution is -0.108. The van der Waals surface area contributed by atoms with Gasteiger partial charge in [-0.25, -0.2) is 0 Å². The van der Waals surface area contributed by atoms with Gasteiger partial charge in [0.05, 0.1) is 5.92 Å². The molecule has 3 aromatic rings. The smallest absolute Gasteiger partial charge is 0.131 e. The average molecular weight is 507 g/mol. The van der Waals surface area contributed by atoms with Crippen molar-refractivity contribution >= 4 is 23.3 Å². The monoisotopic (exact) mass is 506 g/mol. The Hall–Kier alpha value is -5.15. The van der Waals surface area contributed by atoms with Gasteiger partial charge in [-0.2, -0.15) is 0 Å². The van der Waals surface area contributed by atoms with E-state index in [4.69, 9.17) is 0 Å². The van der Waals surface area contributed by atoms with E-state index in [-0.39, 0.29) is 5.92 Å². The minimum atomic E-state index is -0.319.